The molecule has 0 bridgehead atoms. The van der Waals surface area contributed by atoms with Gasteiger partial charge in [0, 0.05) is 34.2 Å². The lowest BCUT2D eigenvalue weighted by molar-refractivity contribution is 0.102. The fourth-order valence-electron chi connectivity index (χ4n) is 4.65. The molecule has 3 N–H and O–H groups in total. The molecule has 3 aromatic rings. The van der Waals surface area contributed by atoms with Crippen molar-refractivity contribution in [2.75, 3.05) is 11.6 Å². The largest absolute Gasteiger partial charge is 0.328 e. The third-order valence-corrected chi connectivity index (χ3v) is 7.08. The molecule has 0 aliphatic heterocycles. The van der Waals surface area contributed by atoms with E-state index in [1.54, 1.807) is 6.20 Å². The van der Waals surface area contributed by atoms with Crippen LogP contribution in [0.15, 0.2) is 47.6 Å². The summed E-state index contributed by atoms with van der Waals surface area (Å²) < 4.78 is 55.4. The monoisotopic (exact) mass is 502 g/mol. The van der Waals surface area contributed by atoms with Crippen molar-refractivity contribution in [1.82, 2.24) is 9.97 Å². The van der Waals surface area contributed by atoms with E-state index in [0.29, 0.717) is 11.6 Å². The number of halogens is 3. The molecule has 35 heavy (non-hydrogen) atoms. The topological polar surface area (TPSA) is 98.0 Å². The van der Waals surface area contributed by atoms with Crippen molar-refractivity contribution in [1.29, 1.82) is 0 Å². The zero-order valence-electron chi connectivity index (χ0n) is 19.2. The van der Waals surface area contributed by atoms with Crippen molar-refractivity contribution in [3.05, 3.63) is 71.4 Å². The van der Waals surface area contributed by atoms with Gasteiger partial charge in [-0.3, -0.25) is 14.0 Å². The number of nitrogens with one attached hydrogen (secondary N) is 1. The molecule has 4 rings (SSSR count). The minimum Gasteiger partial charge on any atom is -0.328 e. The Balaban J connectivity index is 1.65. The summed E-state index contributed by atoms with van der Waals surface area (Å²) in [4.78, 5) is 20.9. The van der Waals surface area contributed by atoms with Crippen LogP contribution in [0.25, 0.3) is 11.3 Å². The summed E-state index contributed by atoms with van der Waals surface area (Å²) in [6, 6.07) is 5.67. The van der Waals surface area contributed by atoms with Crippen LogP contribution in [-0.4, -0.2) is 32.4 Å². The Hall–Kier alpha value is -3.11. The van der Waals surface area contributed by atoms with Crippen molar-refractivity contribution in [3.8, 4) is 11.3 Å². The number of nitrogens with two attached hydrogens (primary N) is 1. The number of carbonyl (C=O) groups excluding carboxylic acids is 1. The van der Waals surface area contributed by atoms with Gasteiger partial charge in [-0.2, -0.15) is 0 Å². The summed E-state index contributed by atoms with van der Waals surface area (Å²) in [5.74, 6) is -3.37. The minimum absolute atomic E-state index is 0.0584. The molecular weight excluding hydrogens is 477 g/mol. The van der Waals surface area contributed by atoms with Gasteiger partial charge in [-0.05, 0) is 67.0 Å². The Bertz CT molecular complexity index is 1270. The number of carbonyl (C=O) groups is 1. The number of pyridine rings is 2. The average Bonchev–Trinajstić information content (AvgIpc) is 2.79. The number of nitrogens with zero attached hydrogens (tertiary/aromatic N) is 2. The molecule has 1 saturated carbocycles. The molecule has 184 valence electrons. The maximum atomic E-state index is 14.6. The first-order valence-corrected chi connectivity index (χ1v) is 12.7. The van der Waals surface area contributed by atoms with Crippen molar-refractivity contribution in [2.24, 2.45) is 11.7 Å². The molecule has 6 nitrogen and oxygen atoms in total. The van der Waals surface area contributed by atoms with Gasteiger partial charge in [-0.15, -0.1) is 0 Å². The van der Waals surface area contributed by atoms with Crippen LogP contribution in [-0.2, 0) is 10.8 Å². The van der Waals surface area contributed by atoms with Gasteiger partial charge >= 0.3 is 0 Å². The SMILES string of the molecule is CC1CC(N)CC(c2ccncc2NC(=O)c2ccc(F)c(-c3c(F)cc(S(C)=O)cc3F)n2)C1. The molecule has 1 aromatic carbocycles. The highest BCUT2D eigenvalue weighted by Crippen LogP contribution is 2.38. The molecule has 1 amide bonds. The molecule has 1 aliphatic rings. The van der Waals surface area contributed by atoms with Gasteiger partial charge in [0.05, 0.1) is 17.4 Å². The Morgan fingerprint density at radius 2 is 1.80 bits per heavy atom. The summed E-state index contributed by atoms with van der Waals surface area (Å²) in [5.41, 5.74) is 5.95. The number of amides is 1. The third-order valence-electron chi connectivity index (χ3n) is 6.19. The van der Waals surface area contributed by atoms with Gasteiger partial charge in [-0.1, -0.05) is 6.92 Å². The molecule has 2 heterocycles. The molecule has 0 saturated heterocycles. The van der Waals surface area contributed by atoms with E-state index in [1.807, 2.05) is 6.07 Å². The minimum atomic E-state index is -1.64. The van der Waals surface area contributed by atoms with E-state index in [9.17, 15) is 22.2 Å². The summed E-state index contributed by atoms with van der Waals surface area (Å²) >= 11 is 0. The predicted molar refractivity (Wildman–Crippen MR) is 128 cm³/mol. The Morgan fingerprint density at radius 1 is 1.09 bits per heavy atom. The number of anilines is 1. The molecule has 10 heteroatoms. The van der Waals surface area contributed by atoms with Gasteiger partial charge in [0.25, 0.3) is 5.91 Å². The van der Waals surface area contributed by atoms with Crippen LogP contribution in [0.4, 0.5) is 18.9 Å². The molecule has 0 radical (unpaired) electrons. The zero-order chi connectivity index (χ0) is 25.3. The second-order valence-electron chi connectivity index (χ2n) is 8.93. The van der Waals surface area contributed by atoms with Gasteiger partial charge in [-0.25, -0.2) is 18.2 Å². The Labute approximate surface area is 203 Å². The first kappa shape index (κ1) is 25.0. The van der Waals surface area contributed by atoms with Crippen molar-refractivity contribution >= 4 is 22.4 Å². The van der Waals surface area contributed by atoms with E-state index < -0.39 is 45.4 Å². The van der Waals surface area contributed by atoms with Crippen molar-refractivity contribution < 1.29 is 22.2 Å². The summed E-state index contributed by atoms with van der Waals surface area (Å²) in [6.07, 6.45) is 7.05. The highest BCUT2D eigenvalue weighted by molar-refractivity contribution is 7.84. The molecule has 1 fully saturated rings. The molecule has 4 unspecified atom stereocenters. The van der Waals surface area contributed by atoms with E-state index in [0.717, 1.165) is 49.1 Å². The first-order chi connectivity index (χ1) is 16.6. The van der Waals surface area contributed by atoms with Crippen LogP contribution in [0.3, 0.4) is 0 Å². The lowest BCUT2D eigenvalue weighted by Gasteiger charge is -2.32. The van der Waals surface area contributed by atoms with E-state index in [4.69, 9.17) is 5.73 Å². The van der Waals surface area contributed by atoms with Crippen LogP contribution in [0.2, 0.25) is 0 Å². The van der Waals surface area contributed by atoms with Gasteiger partial charge in [0.15, 0.2) is 0 Å². The Kier molecular flexibility index (Phi) is 7.32. The fraction of sp³-hybridized carbons (Fsp3) is 0.320. The van der Waals surface area contributed by atoms with Gasteiger partial charge in [0.2, 0.25) is 0 Å². The number of aromatic nitrogens is 2. The predicted octanol–water partition coefficient (Wildman–Crippen LogP) is 4.78. The second kappa shape index (κ2) is 10.2. The van der Waals surface area contributed by atoms with Crippen LogP contribution in [0.5, 0.6) is 0 Å². The summed E-state index contributed by atoms with van der Waals surface area (Å²) in [6.45, 7) is 2.14. The standard InChI is InChI=1S/C25H25F3N4O2S/c1-13-7-14(9-15(29)8-13)17-5-6-30-12-22(17)32-25(33)21-4-3-18(26)24(31-21)23-19(27)10-16(35(2)34)11-20(23)28/h3-6,10-15H,7-9,29H2,1-2H3,(H,32,33). The average molecular weight is 503 g/mol. The highest BCUT2D eigenvalue weighted by Gasteiger charge is 2.28. The normalized spacial score (nSPS) is 20.9. The van der Waals surface area contributed by atoms with E-state index in [-0.39, 0.29) is 22.5 Å². The second-order valence-corrected chi connectivity index (χ2v) is 10.3. The van der Waals surface area contributed by atoms with E-state index in [2.05, 4.69) is 22.2 Å². The zero-order valence-corrected chi connectivity index (χ0v) is 20.0. The van der Waals surface area contributed by atoms with Crippen LogP contribution in [0, 0.1) is 23.4 Å². The smallest absolute Gasteiger partial charge is 0.274 e. The number of rotatable bonds is 5. The third kappa shape index (κ3) is 5.43. The first-order valence-electron chi connectivity index (χ1n) is 11.1. The fourth-order valence-corrected chi connectivity index (χ4v) is 5.19. The number of hydrogen-bond donors (Lipinski definition) is 2. The molecule has 4 atom stereocenters. The maximum Gasteiger partial charge on any atom is 0.274 e. The van der Waals surface area contributed by atoms with Crippen molar-refractivity contribution in [2.45, 2.75) is 43.0 Å². The number of benzene rings is 1. The van der Waals surface area contributed by atoms with E-state index >= 15 is 0 Å². The molecular formula is C25H25F3N4O2S. The molecule has 1 aliphatic carbocycles. The number of hydrogen-bond acceptors (Lipinski definition) is 5. The highest BCUT2D eigenvalue weighted by atomic mass is 32.2. The van der Waals surface area contributed by atoms with Gasteiger partial charge in [0.1, 0.15) is 28.8 Å². The quantitative estimate of drug-likeness (QED) is 0.523. The maximum absolute atomic E-state index is 14.6. The summed E-state index contributed by atoms with van der Waals surface area (Å²) in [5, 5.41) is 2.75. The molecule has 0 spiro atoms. The van der Waals surface area contributed by atoms with Crippen LogP contribution < -0.4 is 11.1 Å². The molecule has 2 aromatic heterocycles. The van der Waals surface area contributed by atoms with Crippen molar-refractivity contribution in [3.63, 3.8) is 0 Å². The Morgan fingerprint density at radius 3 is 2.46 bits per heavy atom. The van der Waals surface area contributed by atoms with Gasteiger partial charge < -0.3 is 11.1 Å². The van der Waals surface area contributed by atoms with Crippen LogP contribution in [0.1, 0.15) is 48.2 Å². The summed E-state index contributed by atoms with van der Waals surface area (Å²) in [7, 11) is -1.64. The lowest BCUT2D eigenvalue weighted by Crippen LogP contribution is -2.31. The van der Waals surface area contributed by atoms with E-state index in [1.165, 1.54) is 12.5 Å². The lowest BCUT2D eigenvalue weighted by atomic mass is 9.76. The van der Waals surface area contributed by atoms with Crippen LogP contribution >= 0.6 is 0 Å².